The van der Waals surface area contributed by atoms with Gasteiger partial charge in [0.15, 0.2) is 17.5 Å². The first-order chi connectivity index (χ1) is 12.3. The Morgan fingerprint density at radius 3 is 2.81 bits per heavy atom. The van der Waals surface area contributed by atoms with Crippen LogP contribution in [0.4, 0.5) is 0 Å². The molecule has 1 aliphatic heterocycles. The molecule has 0 spiro atoms. The topological polar surface area (TPSA) is 54.9 Å². The summed E-state index contributed by atoms with van der Waals surface area (Å²) in [7, 11) is 3.50. The number of nitrogens with one attached hydrogen (secondary N) is 2. The van der Waals surface area contributed by atoms with Gasteiger partial charge in [0, 0.05) is 25.4 Å². The van der Waals surface area contributed by atoms with E-state index in [-0.39, 0.29) is 24.0 Å². The van der Waals surface area contributed by atoms with Gasteiger partial charge in [-0.05, 0) is 56.1 Å². The quantitative estimate of drug-likeness (QED) is 0.238. The molecular formula is C19H32IN3O2S. The molecule has 0 aromatic heterocycles. The SMILES string of the molecule is CCOc1cc(CCCNC(=NC)NCC2CCCS2)ccc1OC.I. The lowest BCUT2D eigenvalue weighted by atomic mass is 10.1. The molecule has 7 heteroatoms. The van der Waals surface area contributed by atoms with Crippen molar-refractivity contribution in [3.8, 4) is 11.5 Å². The van der Waals surface area contributed by atoms with Crippen LogP contribution < -0.4 is 20.1 Å². The molecule has 148 valence electrons. The predicted molar refractivity (Wildman–Crippen MR) is 123 cm³/mol. The van der Waals surface area contributed by atoms with Gasteiger partial charge in [0.1, 0.15) is 0 Å². The molecule has 1 atom stereocenters. The standard InChI is InChI=1S/C19H31N3O2S.HI/c1-4-24-18-13-15(9-10-17(18)23-3)7-5-11-21-19(20-2)22-14-16-8-6-12-25-16;/h9-10,13,16H,4-8,11-12,14H2,1-3H3,(H2,20,21,22);1H. The van der Waals surface area contributed by atoms with Crippen LogP contribution in [0.1, 0.15) is 31.7 Å². The molecule has 26 heavy (non-hydrogen) atoms. The zero-order valence-electron chi connectivity index (χ0n) is 16.0. The highest BCUT2D eigenvalue weighted by molar-refractivity contribution is 14.0. The minimum atomic E-state index is 0. The Morgan fingerprint density at radius 2 is 2.15 bits per heavy atom. The zero-order chi connectivity index (χ0) is 17.9. The highest BCUT2D eigenvalue weighted by Gasteiger charge is 2.15. The predicted octanol–water partition coefficient (Wildman–Crippen LogP) is 3.71. The molecule has 1 saturated heterocycles. The van der Waals surface area contributed by atoms with Gasteiger partial charge in [0.25, 0.3) is 0 Å². The van der Waals surface area contributed by atoms with Gasteiger partial charge in [-0.25, -0.2) is 0 Å². The van der Waals surface area contributed by atoms with Gasteiger partial charge in [-0.3, -0.25) is 4.99 Å². The number of methoxy groups -OCH3 is 1. The van der Waals surface area contributed by atoms with Crippen LogP contribution in [0, 0.1) is 0 Å². The summed E-state index contributed by atoms with van der Waals surface area (Å²) in [6.07, 6.45) is 4.69. The number of guanidine groups is 1. The van der Waals surface area contributed by atoms with Crippen molar-refractivity contribution in [1.29, 1.82) is 0 Å². The van der Waals surface area contributed by atoms with Crippen molar-refractivity contribution in [3.05, 3.63) is 23.8 Å². The fourth-order valence-electron chi connectivity index (χ4n) is 2.88. The summed E-state index contributed by atoms with van der Waals surface area (Å²) < 4.78 is 11.0. The summed E-state index contributed by atoms with van der Waals surface area (Å²) in [5.74, 6) is 3.81. The summed E-state index contributed by atoms with van der Waals surface area (Å²) in [6.45, 7) is 4.52. The Labute approximate surface area is 179 Å². The Hall–Kier alpha value is -0.830. The van der Waals surface area contributed by atoms with Crippen LogP contribution in [0.2, 0.25) is 0 Å². The molecule has 1 fully saturated rings. The molecular weight excluding hydrogens is 461 g/mol. The van der Waals surface area contributed by atoms with E-state index in [2.05, 4.69) is 39.5 Å². The minimum Gasteiger partial charge on any atom is -0.493 e. The average Bonchev–Trinajstić information content (AvgIpc) is 3.15. The van der Waals surface area contributed by atoms with E-state index >= 15 is 0 Å². The van der Waals surface area contributed by atoms with Crippen molar-refractivity contribution in [2.75, 3.05) is 39.6 Å². The lowest BCUT2D eigenvalue weighted by molar-refractivity contribution is 0.310. The van der Waals surface area contributed by atoms with E-state index in [0.29, 0.717) is 6.61 Å². The summed E-state index contributed by atoms with van der Waals surface area (Å²) >= 11 is 2.06. The molecule has 0 amide bonds. The molecule has 0 saturated carbocycles. The summed E-state index contributed by atoms with van der Waals surface area (Å²) in [5.41, 5.74) is 1.26. The number of ether oxygens (including phenoxy) is 2. The van der Waals surface area contributed by atoms with E-state index in [4.69, 9.17) is 9.47 Å². The molecule has 5 nitrogen and oxygen atoms in total. The number of hydrogen-bond donors (Lipinski definition) is 2. The molecule has 1 aromatic carbocycles. The van der Waals surface area contributed by atoms with E-state index < -0.39 is 0 Å². The number of aliphatic imine (C=N–C) groups is 1. The first-order valence-corrected chi connectivity index (χ1v) is 10.2. The maximum atomic E-state index is 5.64. The molecule has 2 N–H and O–H groups in total. The third-order valence-corrected chi connectivity index (χ3v) is 5.61. The first-order valence-electron chi connectivity index (χ1n) is 9.12. The molecule has 0 bridgehead atoms. The minimum absolute atomic E-state index is 0. The Bertz CT molecular complexity index is 552. The molecule has 1 unspecified atom stereocenters. The normalized spacial score (nSPS) is 16.7. The van der Waals surface area contributed by atoms with Gasteiger partial charge in [-0.1, -0.05) is 6.07 Å². The van der Waals surface area contributed by atoms with Crippen LogP contribution >= 0.6 is 35.7 Å². The molecule has 1 aromatic rings. The average molecular weight is 493 g/mol. The summed E-state index contributed by atoms with van der Waals surface area (Å²) in [4.78, 5) is 4.30. The van der Waals surface area contributed by atoms with E-state index in [1.165, 1.54) is 24.2 Å². The van der Waals surface area contributed by atoms with Crippen LogP contribution in [0.5, 0.6) is 11.5 Å². The van der Waals surface area contributed by atoms with E-state index in [9.17, 15) is 0 Å². The van der Waals surface area contributed by atoms with Crippen LogP contribution in [-0.2, 0) is 6.42 Å². The second kappa shape index (κ2) is 13.4. The number of benzene rings is 1. The Morgan fingerprint density at radius 1 is 1.31 bits per heavy atom. The Kier molecular flexibility index (Phi) is 11.9. The first kappa shape index (κ1) is 23.2. The maximum Gasteiger partial charge on any atom is 0.191 e. The number of aryl methyl sites for hydroxylation is 1. The highest BCUT2D eigenvalue weighted by atomic mass is 127. The fourth-order valence-corrected chi connectivity index (χ4v) is 4.08. The van der Waals surface area contributed by atoms with E-state index in [1.54, 1.807) is 7.11 Å². The number of rotatable bonds is 9. The second-order valence-electron chi connectivity index (χ2n) is 6.04. The van der Waals surface area contributed by atoms with Gasteiger partial charge in [-0.15, -0.1) is 24.0 Å². The molecule has 1 aliphatic rings. The number of nitrogens with zero attached hydrogens (tertiary/aromatic N) is 1. The van der Waals surface area contributed by atoms with Gasteiger partial charge < -0.3 is 20.1 Å². The monoisotopic (exact) mass is 493 g/mol. The lowest BCUT2D eigenvalue weighted by Crippen LogP contribution is -2.40. The number of hydrogen-bond acceptors (Lipinski definition) is 4. The van der Waals surface area contributed by atoms with Gasteiger partial charge in [0.2, 0.25) is 0 Å². The van der Waals surface area contributed by atoms with Gasteiger partial charge >= 0.3 is 0 Å². The van der Waals surface area contributed by atoms with Crippen molar-refractivity contribution in [2.24, 2.45) is 4.99 Å². The van der Waals surface area contributed by atoms with Crippen LogP contribution in [0.15, 0.2) is 23.2 Å². The smallest absolute Gasteiger partial charge is 0.191 e. The third kappa shape index (κ3) is 7.82. The van der Waals surface area contributed by atoms with Crippen LogP contribution in [-0.4, -0.2) is 50.8 Å². The van der Waals surface area contributed by atoms with E-state index in [0.717, 1.165) is 48.6 Å². The third-order valence-electron chi connectivity index (χ3n) is 4.21. The second-order valence-corrected chi connectivity index (χ2v) is 7.44. The van der Waals surface area contributed by atoms with Crippen LogP contribution in [0.3, 0.4) is 0 Å². The number of thioether (sulfide) groups is 1. The number of halogens is 1. The van der Waals surface area contributed by atoms with Crippen molar-refractivity contribution in [3.63, 3.8) is 0 Å². The van der Waals surface area contributed by atoms with Crippen molar-refractivity contribution in [1.82, 2.24) is 10.6 Å². The Balaban J connectivity index is 0.00000338. The van der Waals surface area contributed by atoms with Gasteiger partial charge in [-0.2, -0.15) is 11.8 Å². The highest BCUT2D eigenvalue weighted by Crippen LogP contribution is 2.28. The molecule has 0 radical (unpaired) electrons. The zero-order valence-corrected chi connectivity index (χ0v) is 19.2. The van der Waals surface area contributed by atoms with Crippen molar-refractivity contribution < 1.29 is 9.47 Å². The van der Waals surface area contributed by atoms with Crippen molar-refractivity contribution in [2.45, 2.75) is 37.9 Å². The largest absolute Gasteiger partial charge is 0.493 e. The maximum absolute atomic E-state index is 5.64. The summed E-state index contributed by atoms with van der Waals surface area (Å²) in [5, 5.41) is 7.56. The molecule has 0 aliphatic carbocycles. The summed E-state index contributed by atoms with van der Waals surface area (Å²) in [6, 6.07) is 6.16. The van der Waals surface area contributed by atoms with Crippen molar-refractivity contribution >= 4 is 41.7 Å². The molecule has 1 heterocycles. The van der Waals surface area contributed by atoms with Gasteiger partial charge in [0.05, 0.1) is 13.7 Å². The lowest BCUT2D eigenvalue weighted by Gasteiger charge is -2.15. The fraction of sp³-hybridized carbons (Fsp3) is 0.632. The van der Waals surface area contributed by atoms with E-state index in [1.807, 2.05) is 20.0 Å². The molecule has 2 rings (SSSR count). The van der Waals surface area contributed by atoms with Crippen LogP contribution in [0.25, 0.3) is 0 Å².